The van der Waals surface area contributed by atoms with Crippen molar-refractivity contribution in [2.24, 2.45) is 51.2 Å². The van der Waals surface area contributed by atoms with Crippen molar-refractivity contribution in [1.29, 1.82) is 0 Å². The smallest absolute Gasteiger partial charge is 0.109 e. The van der Waals surface area contributed by atoms with Gasteiger partial charge >= 0.3 is 0 Å². The minimum absolute atomic E-state index is 0.0349. The molecule has 7 heteroatoms. The van der Waals surface area contributed by atoms with E-state index in [1.807, 2.05) is 0 Å². The molecule has 5 rings (SSSR count). The van der Waals surface area contributed by atoms with Crippen molar-refractivity contribution in [3.8, 4) is 0 Å². The molecule has 44 heavy (non-hydrogen) atoms. The van der Waals surface area contributed by atoms with Gasteiger partial charge in [0.05, 0.1) is 30.0 Å². The molecule has 0 aromatic rings. The zero-order chi connectivity index (χ0) is 32.6. The molecule has 6 N–H and O–H groups in total. The lowest BCUT2D eigenvalue weighted by Crippen LogP contribution is -2.66. The summed E-state index contributed by atoms with van der Waals surface area (Å²) in [7, 11) is 0. The van der Waals surface area contributed by atoms with Crippen LogP contribution in [0.1, 0.15) is 120 Å². The van der Waals surface area contributed by atoms with Gasteiger partial charge in [0.1, 0.15) is 12.2 Å². The van der Waals surface area contributed by atoms with E-state index in [-0.39, 0.29) is 52.6 Å². The van der Waals surface area contributed by atoms with Gasteiger partial charge in [0, 0.05) is 12.5 Å². The Kier molecular flexibility index (Phi) is 9.37. The Hall–Kier alpha value is -0.540. The van der Waals surface area contributed by atoms with E-state index in [9.17, 15) is 30.6 Å². The van der Waals surface area contributed by atoms with Gasteiger partial charge in [-0.2, -0.15) is 0 Å². The summed E-state index contributed by atoms with van der Waals surface area (Å²) < 4.78 is 6.96. The molecule has 7 nitrogen and oxygen atoms in total. The van der Waals surface area contributed by atoms with Crippen LogP contribution in [0.3, 0.4) is 0 Å². The fraction of sp³-hybridized carbons (Fsp3) is 0.946. The molecule has 5 aliphatic carbocycles. The highest BCUT2D eigenvalue weighted by atomic mass is 16.5. The minimum atomic E-state index is -1.38. The zero-order valence-electron chi connectivity index (χ0n) is 28.8. The molecule has 5 saturated carbocycles. The largest absolute Gasteiger partial charge is 0.396 e. The first-order chi connectivity index (χ1) is 20.4. The summed E-state index contributed by atoms with van der Waals surface area (Å²) in [6.45, 7) is 18.0. The Morgan fingerprint density at radius 1 is 0.818 bits per heavy atom. The van der Waals surface area contributed by atoms with Crippen LogP contribution < -0.4 is 0 Å². The lowest BCUT2D eigenvalue weighted by Gasteiger charge is -2.70. The maximum Gasteiger partial charge on any atom is 0.109 e. The summed E-state index contributed by atoms with van der Waals surface area (Å²) in [4.78, 5) is 0. The molecule has 0 aliphatic heterocycles. The minimum Gasteiger partial charge on any atom is -0.396 e. The molecule has 0 aromatic carbocycles. The Balaban J connectivity index is 1.49. The number of allylic oxidation sites excluding steroid dienone is 2. The number of rotatable bonds is 7. The van der Waals surface area contributed by atoms with E-state index in [4.69, 9.17) is 4.74 Å². The molecule has 0 spiro atoms. The number of aliphatic hydroxyl groups excluding tert-OH is 6. The second-order valence-corrected chi connectivity index (χ2v) is 17.8. The lowest BCUT2D eigenvalue weighted by molar-refractivity contribution is -0.258. The molecule has 0 amide bonds. The van der Waals surface area contributed by atoms with E-state index in [0.717, 1.165) is 57.8 Å². The van der Waals surface area contributed by atoms with E-state index in [0.29, 0.717) is 11.8 Å². The Labute approximate surface area is 266 Å². The molecular formula is C37H64O7. The van der Waals surface area contributed by atoms with E-state index < -0.39 is 42.0 Å². The highest BCUT2D eigenvalue weighted by molar-refractivity contribution is 5.20. The van der Waals surface area contributed by atoms with Gasteiger partial charge in [-0.05, 0) is 130 Å². The number of ether oxygens (including phenoxy) is 1. The Morgan fingerprint density at radius 2 is 1.48 bits per heavy atom. The van der Waals surface area contributed by atoms with Crippen LogP contribution in [-0.2, 0) is 4.74 Å². The van der Waals surface area contributed by atoms with Crippen LogP contribution in [0, 0.1) is 51.2 Å². The number of fused-ring (bicyclic) bond motifs is 5. The van der Waals surface area contributed by atoms with Crippen LogP contribution in [0.2, 0.25) is 0 Å². The zero-order valence-corrected chi connectivity index (χ0v) is 28.8. The Morgan fingerprint density at radius 3 is 2.11 bits per heavy atom. The topological polar surface area (TPSA) is 131 Å². The molecule has 0 radical (unpaired) electrons. The highest BCUT2D eigenvalue weighted by Crippen LogP contribution is 2.76. The van der Waals surface area contributed by atoms with Crippen LogP contribution in [0.4, 0.5) is 0 Å². The van der Waals surface area contributed by atoms with E-state index in [1.165, 1.54) is 5.57 Å². The fourth-order valence-corrected chi connectivity index (χ4v) is 12.3. The second-order valence-electron chi connectivity index (χ2n) is 17.8. The van der Waals surface area contributed by atoms with Crippen molar-refractivity contribution < 1.29 is 35.4 Å². The van der Waals surface area contributed by atoms with Crippen molar-refractivity contribution in [1.82, 2.24) is 0 Å². The van der Waals surface area contributed by atoms with Gasteiger partial charge in [0.2, 0.25) is 0 Å². The number of hydrogen-bond donors (Lipinski definition) is 6. The first-order valence-corrected chi connectivity index (χ1v) is 17.7. The maximum atomic E-state index is 12.3. The number of hydrogen-bond acceptors (Lipinski definition) is 7. The predicted molar refractivity (Wildman–Crippen MR) is 172 cm³/mol. The standard InChI is InChI=1S/C37H64O7/c1-21(2)10-9-14-37(8,44-25-18-22(20-38)30(41)32(43)31(25)42)23-11-16-36(7)29(23)24(39)19-27-34(5)15-13-28(40)33(3,4)26(34)12-17-35(27,36)6/h10,22-32,38-43H,9,11-20H2,1-8H3/t22-,23+,24-,25-,26+,27-,28+,29+,30-,31+,32+,34+,35-,36-,37+/m1/s1. The van der Waals surface area contributed by atoms with Gasteiger partial charge < -0.3 is 35.4 Å². The van der Waals surface area contributed by atoms with Gasteiger partial charge in [-0.15, -0.1) is 0 Å². The molecule has 5 aliphatic rings. The molecule has 5 fully saturated rings. The third kappa shape index (κ3) is 5.18. The first-order valence-electron chi connectivity index (χ1n) is 17.7. The SMILES string of the molecule is CC(C)=CCC[C@](C)(O[C@@H]1C[C@H](CO)[C@@H](O)[C@H](O)[C@H]1O)[C@H]1CC[C@]2(C)[C@@H]1[C@H](O)C[C@@H]1[C@@]3(C)CC[C@H](O)C(C)(C)[C@@H]3CC[C@]12C. The van der Waals surface area contributed by atoms with Crippen LogP contribution in [-0.4, -0.2) is 79.5 Å². The molecule has 15 atom stereocenters. The predicted octanol–water partition coefficient (Wildman–Crippen LogP) is 4.99. The van der Waals surface area contributed by atoms with Gasteiger partial charge in [-0.1, -0.05) is 46.3 Å². The quantitative estimate of drug-likeness (QED) is 0.221. The normalized spacial score (nSPS) is 51.5. The maximum absolute atomic E-state index is 12.3. The van der Waals surface area contributed by atoms with Crippen molar-refractivity contribution in [2.75, 3.05) is 6.61 Å². The van der Waals surface area contributed by atoms with Crippen molar-refractivity contribution in [3.63, 3.8) is 0 Å². The van der Waals surface area contributed by atoms with Gasteiger partial charge in [0.15, 0.2) is 0 Å². The lowest BCUT2D eigenvalue weighted by atomic mass is 9.35. The summed E-state index contributed by atoms with van der Waals surface area (Å²) in [6.07, 6.45) is 5.44. The van der Waals surface area contributed by atoms with E-state index >= 15 is 0 Å². The van der Waals surface area contributed by atoms with E-state index in [1.54, 1.807) is 0 Å². The van der Waals surface area contributed by atoms with Gasteiger partial charge in [0.25, 0.3) is 0 Å². The third-order valence-corrected chi connectivity index (χ3v) is 15.1. The van der Waals surface area contributed by atoms with Gasteiger partial charge in [-0.25, -0.2) is 0 Å². The summed E-state index contributed by atoms with van der Waals surface area (Å²) >= 11 is 0. The first kappa shape index (κ1) is 34.8. The fourth-order valence-electron chi connectivity index (χ4n) is 12.3. The van der Waals surface area contributed by atoms with Crippen LogP contribution >= 0.6 is 0 Å². The van der Waals surface area contributed by atoms with Crippen LogP contribution in [0.5, 0.6) is 0 Å². The van der Waals surface area contributed by atoms with Crippen molar-refractivity contribution in [3.05, 3.63) is 11.6 Å². The van der Waals surface area contributed by atoms with Crippen LogP contribution in [0.15, 0.2) is 11.6 Å². The van der Waals surface area contributed by atoms with Gasteiger partial charge in [-0.3, -0.25) is 0 Å². The molecule has 0 saturated heterocycles. The monoisotopic (exact) mass is 620 g/mol. The molecule has 0 unspecified atom stereocenters. The molecule has 0 aromatic heterocycles. The summed E-state index contributed by atoms with van der Waals surface area (Å²) in [5, 5.41) is 65.5. The third-order valence-electron chi connectivity index (χ3n) is 15.1. The Bertz CT molecular complexity index is 1070. The average Bonchev–Trinajstić information content (AvgIpc) is 3.33. The van der Waals surface area contributed by atoms with Crippen molar-refractivity contribution in [2.45, 2.75) is 162 Å². The molecule has 0 bridgehead atoms. The average molecular weight is 621 g/mol. The summed E-state index contributed by atoms with van der Waals surface area (Å²) in [5.74, 6) is 0.324. The number of aliphatic hydroxyl groups is 6. The van der Waals surface area contributed by atoms with Crippen molar-refractivity contribution >= 4 is 0 Å². The molecular weight excluding hydrogens is 556 g/mol. The second kappa shape index (κ2) is 11.9. The summed E-state index contributed by atoms with van der Waals surface area (Å²) in [6, 6.07) is 0. The van der Waals surface area contributed by atoms with E-state index in [2.05, 4.69) is 61.5 Å². The molecule has 0 heterocycles. The highest BCUT2D eigenvalue weighted by Gasteiger charge is 2.71. The summed E-state index contributed by atoms with van der Waals surface area (Å²) in [5.41, 5.74) is 0.433. The van der Waals surface area contributed by atoms with Crippen LogP contribution in [0.25, 0.3) is 0 Å². The molecule has 254 valence electrons.